The molecule has 0 atom stereocenters. The lowest BCUT2D eigenvalue weighted by molar-refractivity contribution is 0.444. The summed E-state index contributed by atoms with van der Waals surface area (Å²) in [5.41, 5.74) is 16.2. The Hall–Kier alpha value is -7.68. The standard InChI is InChI=1S/C62H46N2/c1-4-16-41(17-5-1)44-31-36-59-56(38-44)50-35-30-46(45-32-37-58-55(39-45)49-22-14-15-27-57(49)63(58)47-20-8-3-9-21-47)40-60(50)64(59)48-33-28-43(29-34-48)62-53-25-12-10-23-51(53)61(42-18-6-2-7-19-42)52-24-11-13-26-54(52)62/h2-3,6-15,18-41H,1,4-5,16-17H2. The zero-order valence-electron chi connectivity index (χ0n) is 35.7. The van der Waals surface area contributed by atoms with Crippen molar-refractivity contribution in [1.82, 2.24) is 9.13 Å². The number of nitrogens with zero attached hydrogens (tertiary/aromatic N) is 2. The van der Waals surface area contributed by atoms with Crippen LogP contribution < -0.4 is 0 Å². The summed E-state index contributed by atoms with van der Waals surface area (Å²) in [4.78, 5) is 0. The fourth-order valence-corrected chi connectivity index (χ4v) is 11.3. The molecule has 64 heavy (non-hydrogen) atoms. The average Bonchev–Trinajstić information content (AvgIpc) is 3.88. The van der Waals surface area contributed by atoms with Gasteiger partial charge in [0.25, 0.3) is 0 Å². The molecule has 1 aliphatic carbocycles. The molecule has 10 aromatic carbocycles. The summed E-state index contributed by atoms with van der Waals surface area (Å²) in [6.45, 7) is 0. The maximum Gasteiger partial charge on any atom is 0.0547 e. The van der Waals surface area contributed by atoms with Crippen molar-refractivity contribution in [3.63, 3.8) is 0 Å². The molecule has 0 N–H and O–H groups in total. The summed E-state index contributed by atoms with van der Waals surface area (Å²) in [6, 6.07) is 79.2. The number of rotatable bonds is 6. The molecular formula is C62H46N2. The van der Waals surface area contributed by atoms with Crippen molar-refractivity contribution in [2.75, 3.05) is 0 Å². The Balaban J connectivity index is 0.989. The second kappa shape index (κ2) is 15.0. The zero-order chi connectivity index (χ0) is 42.1. The predicted molar refractivity (Wildman–Crippen MR) is 272 cm³/mol. The first-order chi connectivity index (χ1) is 31.8. The Morgan fingerprint density at radius 1 is 0.281 bits per heavy atom. The lowest BCUT2D eigenvalue weighted by Crippen LogP contribution is -2.04. The van der Waals surface area contributed by atoms with Crippen molar-refractivity contribution in [1.29, 1.82) is 0 Å². The summed E-state index contributed by atoms with van der Waals surface area (Å²) in [7, 11) is 0. The first-order valence-corrected chi connectivity index (χ1v) is 23.0. The molecule has 0 bridgehead atoms. The Morgan fingerprint density at radius 2 is 0.734 bits per heavy atom. The van der Waals surface area contributed by atoms with Gasteiger partial charge in [0.2, 0.25) is 0 Å². The minimum absolute atomic E-state index is 0.637. The van der Waals surface area contributed by atoms with E-state index in [9.17, 15) is 0 Å². The molecule has 0 radical (unpaired) electrons. The maximum absolute atomic E-state index is 2.52. The molecule has 12 aromatic rings. The van der Waals surface area contributed by atoms with Gasteiger partial charge in [-0.2, -0.15) is 0 Å². The van der Waals surface area contributed by atoms with Gasteiger partial charge in [-0.15, -0.1) is 0 Å². The molecule has 0 spiro atoms. The van der Waals surface area contributed by atoms with Crippen LogP contribution in [0.15, 0.2) is 212 Å². The summed E-state index contributed by atoms with van der Waals surface area (Å²) < 4.78 is 4.91. The van der Waals surface area contributed by atoms with Crippen molar-refractivity contribution >= 4 is 65.2 Å². The first-order valence-electron chi connectivity index (χ1n) is 23.0. The lowest BCUT2D eigenvalue weighted by Gasteiger charge is -2.22. The topological polar surface area (TPSA) is 9.86 Å². The molecule has 1 fully saturated rings. The van der Waals surface area contributed by atoms with Gasteiger partial charge in [0.15, 0.2) is 0 Å². The van der Waals surface area contributed by atoms with E-state index in [0.29, 0.717) is 5.92 Å². The molecule has 0 saturated heterocycles. The molecule has 2 heterocycles. The zero-order valence-corrected chi connectivity index (χ0v) is 35.7. The number of hydrogen-bond donors (Lipinski definition) is 0. The van der Waals surface area contributed by atoms with Crippen LogP contribution in [-0.4, -0.2) is 9.13 Å². The van der Waals surface area contributed by atoms with Gasteiger partial charge in [-0.1, -0.05) is 171 Å². The van der Waals surface area contributed by atoms with Crippen LogP contribution in [0.5, 0.6) is 0 Å². The fraction of sp³-hybridized carbons (Fsp3) is 0.0968. The highest BCUT2D eigenvalue weighted by Gasteiger charge is 2.21. The van der Waals surface area contributed by atoms with Crippen LogP contribution in [0.1, 0.15) is 43.6 Å². The SMILES string of the molecule is c1ccc(-c2c3ccccc3c(-c3ccc(-n4c5ccc(C6CCCCC6)cc5c5ccc(-c6ccc7c(c6)c6ccccc6n7-c6ccccc6)cc54)cc3)c3ccccc23)cc1. The van der Waals surface area contributed by atoms with E-state index < -0.39 is 0 Å². The smallest absolute Gasteiger partial charge is 0.0547 e. The van der Waals surface area contributed by atoms with Gasteiger partial charge in [-0.25, -0.2) is 0 Å². The molecule has 1 saturated carbocycles. The fourth-order valence-electron chi connectivity index (χ4n) is 11.3. The highest BCUT2D eigenvalue weighted by atomic mass is 15.0. The van der Waals surface area contributed by atoms with E-state index >= 15 is 0 Å². The van der Waals surface area contributed by atoms with Crippen molar-refractivity contribution in [3.05, 3.63) is 218 Å². The molecular weight excluding hydrogens is 773 g/mol. The van der Waals surface area contributed by atoms with E-state index in [1.807, 2.05) is 0 Å². The second-order valence-electron chi connectivity index (χ2n) is 17.9. The monoisotopic (exact) mass is 818 g/mol. The third-order valence-electron chi connectivity index (χ3n) is 14.3. The van der Waals surface area contributed by atoms with Gasteiger partial charge in [-0.3, -0.25) is 0 Å². The lowest BCUT2D eigenvalue weighted by atomic mass is 9.84. The number of hydrogen-bond acceptors (Lipinski definition) is 0. The van der Waals surface area contributed by atoms with Crippen LogP contribution >= 0.6 is 0 Å². The summed E-state index contributed by atoms with van der Waals surface area (Å²) in [5, 5.41) is 10.3. The van der Waals surface area contributed by atoms with Crippen molar-refractivity contribution in [3.8, 4) is 44.8 Å². The van der Waals surface area contributed by atoms with E-state index in [1.54, 1.807) is 0 Å². The normalized spacial score (nSPS) is 13.6. The van der Waals surface area contributed by atoms with Crippen LogP contribution in [0, 0.1) is 0 Å². The quantitative estimate of drug-likeness (QED) is 0.148. The third kappa shape index (κ3) is 5.86. The molecule has 1 aliphatic rings. The van der Waals surface area contributed by atoms with Crippen LogP contribution in [0.4, 0.5) is 0 Å². The Kier molecular flexibility index (Phi) is 8.65. The van der Waals surface area contributed by atoms with Crippen molar-refractivity contribution in [2.45, 2.75) is 38.0 Å². The molecule has 0 amide bonds. The maximum atomic E-state index is 2.52. The number of para-hydroxylation sites is 2. The van der Waals surface area contributed by atoms with Gasteiger partial charge in [-0.05, 0) is 140 Å². The summed E-state index contributed by atoms with van der Waals surface area (Å²) in [6.07, 6.45) is 6.59. The van der Waals surface area contributed by atoms with Gasteiger partial charge in [0.05, 0.1) is 22.1 Å². The molecule has 2 aromatic heterocycles. The van der Waals surface area contributed by atoms with Crippen LogP contribution in [0.25, 0.3) is 110 Å². The number of fused-ring (bicyclic) bond motifs is 8. The van der Waals surface area contributed by atoms with E-state index in [2.05, 4.69) is 221 Å². The molecule has 2 heteroatoms. The summed E-state index contributed by atoms with van der Waals surface area (Å²) in [5.74, 6) is 0.637. The molecule has 2 nitrogen and oxygen atoms in total. The van der Waals surface area contributed by atoms with Crippen molar-refractivity contribution < 1.29 is 0 Å². The minimum atomic E-state index is 0.637. The summed E-state index contributed by atoms with van der Waals surface area (Å²) >= 11 is 0. The van der Waals surface area contributed by atoms with Crippen molar-refractivity contribution in [2.24, 2.45) is 0 Å². The first kappa shape index (κ1) is 36.9. The van der Waals surface area contributed by atoms with E-state index in [-0.39, 0.29) is 0 Å². The largest absolute Gasteiger partial charge is 0.309 e. The van der Waals surface area contributed by atoms with E-state index in [4.69, 9.17) is 0 Å². The van der Waals surface area contributed by atoms with Gasteiger partial charge >= 0.3 is 0 Å². The number of benzene rings is 10. The molecule has 304 valence electrons. The Bertz CT molecular complexity index is 3680. The van der Waals surface area contributed by atoms with Crippen LogP contribution in [0.3, 0.4) is 0 Å². The molecule has 13 rings (SSSR count). The highest BCUT2D eigenvalue weighted by Crippen LogP contribution is 2.45. The van der Waals surface area contributed by atoms with E-state index in [1.165, 1.54) is 148 Å². The predicted octanol–water partition coefficient (Wildman–Crippen LogP) is 17.2. The van der Waals surface area contributed by atoms with Crippen LogP contribution in [0.2, 0.25) is 0 Å². The molecule has 0 unspecified atom stereocenters. The van der Waals surface area contributed by atoms with Gasteiger partial charge in [0.1, 0.15) is 0 Å². The average molecular weight is 819 g/mol. The van der Waals surface area contributed by atoms with Gasteiger partial charge in [0, 0.05) is 32.9 Å². The minimum Gasteiger partial charge on any atom is -0.309 e. The molecule has 0 aliphatic heterocycles. The van der Waals surface area contributed by atoms with Crippen LogP contribution in [-0.2, 0) is 0 Å². The Labute approximate surface area is 373 Å². The highest BCUT2D eigenvalue weighted by molar-refractivity contribution is 6.21. The third-order valence-corrected chi connectivity index (χ3v) is 14.3. The second-order valence-corrected chi connectivity index (χ2v) is 17.9. The Morgan fingerprint density at radius 3 is 1.41 bits per heavy atom. The van der Waals surface area contributed by atoms with Gasteiger partial charge < -0.3 is 9.13 Å². The van der Waals surface area contributed by atoms with E-state index in [0.717, 1.165) is 0 Å². The number of aromatic nitrogens is 2.